The quantitative estimate of drug-likeness (QED) is 0.739. The molecule has 2 rings (SSSR count). The van der Waals surface area contributed by atoms with Gasteiger partial charge < -0.3 is 19.5 Å². The number of hydrogen-bond donors (Lipinski definition) is 1. The van der Waals surface area contributed by atoms with Crippen LogP contribution in [0.4, 0.5) is 5.69 Å². The fourth-order valence-electron chi connectivity index (χ4n) is 1.86. The summed E-state index contributed by atoms with van der Waals surface area (Å²) in [5.74, 6) is 1.18. The Morgan fingerprint density at radius 2 is 1.73 bits per heavy atom. The van der Waals surface area contributed by atoms with Crippen molar-refractivity contribution in [1.29, 1.82) is 0 Å². The number of amides is 1. The van der Waals surface area contributed by atoms with Crippen LogP contribution < -0.4 is 19.5 Å². The van der Waals surface area contributed by atoms with Crippen molar-refractivity contribution in [3.8, 4) is 17.2 Å². The molecule has 0 bridgehead atoms. The highest BCUT2D eigenvalue weighted by Crippen LogP contribution is 2.36. The Hall–Kier alpha value is -1.96. The van der Waals surface area contributed by atoms with E-state index in [-0.39, 0.29) is 12.5 Å². The van der Waals surface area contributed by atoms with Crippen LogP contribution in [-0.2, 0) is 4.79 Å². The number of nitrogens with one attached hydrogen (secondary N) is 1. The Bertz CT molecular complexity index is 638. The maximum Gasteiger partial charge on any atom is 0.262 e. The zero-order valence-corrected chi connectivity index (χ0v) is 14.4. The van der Waals surface area contributed by atoms with Gasteiger partial charge in [0.15, 0.2) is 18.1 Å². The summed E-state index contributed by atoms with van der Waals surface area (Å²) in [5.41, 5.74) is 0.729. The highest BCUT2D eigenvalue weighted by Gasteiger charge is 2.13. The lowest BCUT2D eigenvalue weighted by atomic mass is 10.3. The topological polar surface area (TPSA) is 56.8 Å². The molecule has 2 aromatic carbocycles. The van der Waals surface area contributed by atoms with Crippen LogP contribution in [0.5, 0.6) is 17.2 Å². The number of carbonyl (C=O) groups excluding carboxylic acids is 1. The Kier molecular flexibility index (Phi) is 5.88. The van der Waals surface area contributed by atoms with E-state index in [0.717, 1.165) is 9.26 Å². The van der Waals surface area contributed by atoms with Crippen LogP contribution in [-0.4, -0.2) is 26.7 Å². The summed E-state index contributed by atoms with van der Waals surface area (Å²) in [5, 5.41) is 2.78. The molecule has 1 N–H and O–H groups in total. The van der Waals surface area contributed by atoms with E-state index in [4.69, 9.17) is 14.2 Å². The van der Waals surface area contributed by atoms with E-state index in [1.807, 2.05) is 24.3 Å². The van der Waals surface area contributed by atoms with Gasteiger partial charge in [0.25, 0.3) is 5.91 Å². The third-order valence-corrected chi connectivity index (χ3v) is 3.51. The van der Waals surface area contributed by atoms with Crippen LogP contribution in [0.15, 0.2) is 42.5 Å². The van der Waals surface area contributed by atoms with Crippen molar-refractivity contribution in [2.24, 2.45) is 0 Å². The lowest BCUT2D eigenvalue weighted by Gasteiger charge is -2.14. The van der Waals surface area contributed by atoms with E-state index >= 15 is 0 Å². The van der Waals surface area contributed by atoms with Gasteiger partial charge in [-0.05, 0) is 52.9 Å². The fraction of sp³-hybridized carbons (Fsp3) is 0.188. The summed E-state index contributed by atoms with van der Waals surface area (Å²) in [6, 6.07) is 12.8. The van der Waals surface area contributed by atoms with E-state index in [1.54, 1.807) is 18.2 Å². The van der Waals surface area contributed by atoms with Gasteiger partial charge >= 0.3 is 0 Å². The largest absolute Gasteiger partial charge is 0.493 e. The Morgan fingerprint density at radius 1 is 1.09 bits per heavy atom. The van der Waals surface area contributed by atoms with Gasteiger partial charge in [-0.15, -0.1) is 0 Å². The predicted octanol–water partition coefficient (Wildman–Crippen LogP) is 3.33. The number of anilines is 1. The lowest BCUT2D eigenvalue weighted by molar-refractivity contribution is -0.118. The van der Waals surface area contributed by atoms with Crippen LogP contribution in [0.1, 0.15) is 0 Å². The Balaban J connectivity index is 2.02. The molecule has 0 aliphatic heterocycles. The first-order valence-corrected chi connectivity index (χ1v) is 7.61. The second-order valence-electron chi connectivity index (χ2n) is 4.34. The van der Waals surface area contributed by atoms with Gasteiger partial charge in [0.2, 0.25) is 5.75 Å². The highest BCUT2D eigenvalue weighted by molar-refractivity contribution is 14.1. The van der Waals surface area contributed by atoms with Crippen molar-refractivity contribution in [2.45, 2.75) is 0 Å². The molecule has 0 unspecified atom stereocenters. The number of methoxy groups -OCH3 is 2. The molecule has 0 saturated heterocycles. The summed E-state index contributed by atoms with van der Waals surface area (Å²) < 4.78 is 17.0. The van der Waals surface area contributed by atoms with Crippen molar-refractivity contribution < 1.29 is 19.0 Å². The molecular formula is C16H16INO4. The molecule has 0 aromatic heterocycles. The van der Waals surface area contributed by atoms with Crippen molar-refractivity contribution in [1.82, 2.24) is 0 Å². The molecule has 2 aromatic rings. The number of benzene rings is 2. The zero-order chi connectivity index (χ0) is 15.9. The molecule has 0 atom stereocenters. The first-order valence-electron chi connectivity index (χ1n) is 6.53. The first-order chi connectivity index (χ1) is 10.6. The van der Waals surface area contributed by atoms with E-state index in [2.05, 4.69) is 27.9 Å². The number of carbonyl (C=O) groups is 1. The van der Waals surface area contributed by atoms with Gasteiger partial charge in [-0.1, -0.05) is 12.1 Å². The van der Waals surface area contributed by atoms with E-state index < -0.39 is 0 Å². The summed E-state index contributed by atoms with van der Waals surface area (Å²) in [4.78, 5) is 12.0. The summed E-state index contributed by atoms with van der Waals surface area (Å²) >= 11 is 2.19. The third kappa shape index (κ3) is 4.27. The maximum atomic E-state index is 12.0. The molecule has 0 aliphatic carbocycles. The van der Waals surface area contributed by atoms with Crippen molar-refractivity contribution >= 4 is 34.2 Å². The van der Waals surface area contributed by atoms with Crippen molar-refractivity contribution in [2.75, 3.05) is 26.1 Å². The minimum absolute atomic E-state index is 0.137. The average molecular weight is 413 g/mol. The van der Waals surface area contributed by atoms with Gasteiger partial charge in [0.1, 0.15) is 0 Å². The molecule has 6 heteroatoms. The van der Waals surface area contributed by atoms with Crippen molar-refractivity contribution in [3.05, 3.63) is 46.0 Å². The fourth-order valence-corrected chi connectivity index (χ4v) is 2.40. The molecule has 0 heterocycles. The van der Waals surface area contributed by atoms with Crippen LogP contribution in [0.2, 0.25) is 0 Å². The molecule has 1 amide bonds. The third-order valence-electron chi connectivity index (χ3n) is 2.84. The van der Waals surface area contributed by atoms with Gasteiger partial charge in [-0.25, -0.2) is 0 Å². The lowest BCUT2D eigenvalue weighted by Crippen LogP contribution is -2.20. The van der Waals surface area contributed by atoms with Crippen LogP contribution in [0.3, 0.4) is 0 Å². The minimum atomic E-state index is -0.255. The normalized spacial score (nSPS) is 9.95. The van der Waals surface area contributed by atoms with Gasteiger partial charge in [-0.3, -0.25) is 4.79 Å². The van der Waals surface area contributed by atoms with Gasteiger partial charge in [-0.2, -0.15) is 0 Å². The first kappa shape index (κ1) is 16.4. The SMILES string of the molecule is COc1cccc(OC)c1OCC(=O)Nc1cccc(I)c1. The molecule has 0 fully saturated rings. The molecule has 22 heavy (non-hydrogen) atoms. The molecule has 0 aliphatic rings. The van der Waals surface area contributed by atoms with Crippen LogP contribution in [0, 0.1) is 3.57 Å². The van der Waals surface area contributed by atoms with Crippen LogP contribution >= 0.6 is 22.6 Å². The van der Waals surface area contributed by atoms with E-state index in [0.29, 0.717) is 17.2 Å². The monoisotopic (exact) mass is 413 g/mol. The van der Waals surface area contributed by atoms with Crippen LogP contribution in [0.25, 0.3) is 0 Å². The molecular weight excluding hydrogens is 397 g/mol. The number of halogens is 1. The maximum absolute atomic E-state index is 12.0. The van der Waals surface area contributed by atoms with E-state index in [9.17, 15) is 4.79 Å². The molecule has 0 radical (unpaired) electrons. The molecule has 0 spiro atoms. The number of hydrogen-bond acceptors (Lipinski definition) is 4. The summed E-state index contributed by atoms with van der Waals surface area (Å²) in [7, 11) is 3.07. The second kappa shape index (κ2) is 7.88. The summed E-state index contributed by atoms with van der Waals surface area (Å²) in [6.45, 7) is -0.137. The molecule has 116 valence electrons. The van der Waals surface area contributed by atoms with Crippen molar-refractivity contribution in [3.63, 3.8) is 0 Å². The predicted molar refractivity (Wildman–Crippen MR) is 92.8 cm³/mol. The number of para-hydroxylation sites is 1. The average Bonchev–Trinajstić information content (AvgIpc) is 2.52. The zero-order valence-electron chi connectivity index (χ0n) is 12.3. The van der Waals surface area contributed by atoms with Gasteiger partial charge in [0.05, 0.1) is 14.2 Å². The van der Waals surface area contributed by atoms with E-state index in [1.165, 1.54) is 14.2 Å². The molecule has 0 saturated carbocycles. The highest BCUT2D eigenvalue weighted by atomic mass is 127. The number of rotatable bonds is 6. The Labute approximate surface area is 142 Å². The smallest absolute Gasteiger partial charge is 0.262 e. The number of ether oxygens (including phenoxy) is 3. The standard InChI is InChI=1S/C16H16INO4/c1-20-13-7-4-8-14(21-2)16(13)22-10-15(19)18-12-6-3-5-11(17)9-12/h3-9H,10H2,1-2H3,(H,18,19). The minimum Gasteiger partial charge on any atom is -0.493 e. The molecule has 5 nitrogen and oxygen atoms in total. The Morgan fingerprint density at radius 3 is 2.32 bits per heavy atom. The summed E-state index contributed by atoms with van der Waals surface area (Å²) in [6.07, 6.45) is 0. The second-order valence-corrected chi connectivity index (χ2v) is 5.58. The van der Waals surface area contributed by atoms with Gasteiger partial charge in [0, 0.05) is 9.26 Å².